The minimum absolute atomic E-state index is 0.0730. The van der Waals surface area contributed by atoms with Crippen molar-refractivity contribution in [2.75, 3.05) is 27.0 Å². The average Bonchev–Trinajstić information content (AvgIpc) is 2.74. The number of likely N-dealkylation sites (tertiary alicyclic amines) is 1. The van der Waals surface area contributed by atoms with Gasteiger partial charge in [0.25, 0.3) is 5.91 Å². The zero-order valence-corrected chi connectivity index (χ0v) is 17.4. The average molecular weight is 408 g/mol. The summed E-state index contributed by atoms with van der Waals surface area (Å²) in [6.07, 6.45) is 2.11. The minimum Gasteiger partial charge on any atom is -0.479 e. The lowest BCUT2D eigenvalue weighted by molar-refractivity contribution is -0.164. The van der Waals surface area contributed by atoms with E-state index in [2.05, 4.69) is 0 Å². The number of unbranched alkanes of at least 4 members (excludes halogenated alkanes) is 1. The number of aliphatic carboxylic acids is 1. The number of amides is 1. The van der Waals surface area contributed by atoms with Gasteiger partial charge in [0.1, 0.15) is 12.9 Å². The number of rotatable bonds is 12. The molecule has 0 aromatic heterocycles. The molecule has 1 aromatic carbocycles. The van der Waals surface area contributed by atoms with E-state index in [-0.39, 0.29) is 18.8 Å². The van der Waals surface area contributed by atoms with Crippen LogP contribution in [0, 0.1) is 0 Å². The van der Waals surface area contributed by atoms with Gasteiger partial charge in [0, 0.05) is 26.6 Å². The van der Waals surface area contributed by atoms with Crippen LogP contribution in [-0.4, -0.2) is 67.2 Å². The standard InChI is InChI=1S/C22H33NO6/c1-3-4-10-19(22(25)26)29-20(15-17-8-6-5-7-9-17)21(24)23-13-11-18(12-14-23)28-16-27-2/h5-9,18-20H,3-4,10-16H2,1-2H3,(H,25,26)/t19-,20-/m0/s1. The van der Waals surface area contributed by atoms with Crippen molar-refractivity contribution in [3.8, 4) is 0 Å². The van der Waals surface area contributed by atoms with Crippen LogP contribution < -0.4 is 0 Å². The van der Waals surface area contributed by atoms with Crippen molar-refractivity contribution in [2.24, 2.45) is 0 Å². The summed E-state index contributed by atoms with van der Waals surface area (Å²) in [4.78, 5) is 26.6. The molecule has 7 heteroatoms. The van der Waals surface area contributed by atoms with Crippen LogP contribution in [-0.2, 0) is 30.2 Å². The molecule has 0 aliphatic carbocycles. The molecule has 2 atom stereocenters. The van der Waals surface area contributed by atoms with Gasteiger partial charge in [-0.05, 0) is 24.8 Å². The molecule has 7 nitrogen and oxygen atoms in total. The Kier molecular flexibility index (Phi) is 10.1. The molecule has 0 radical (unpaired) electrons. The van der Waals surface area contributed by atoms with Crippen LogP contribution in [0.4, 0.5) is 0 Å². The second kappa shape index (κ2) is 12.6. The summed E-state index contributed by atoms with van der Waals surface area (Å²) in [5.41, 5.74) is 0.948. The lowest BCUT2D eigenvalue weighted by Crippen LogP contribution is -2.48. The van der Waals surface area contributed by atoms with Crippen molar-refractivity contribution in [2.45, 2.75) is 63.8 Å². The molecule has 0 unspecified atom stereocenters. The van der Waals surface area contributed by atoms with E-state index < -0.39 is 18.2 Å². The van der Waals surface area contributed by atoms with Gasteiger partial charge in [-0.3, -0.25) is 4.79 Å². The van der Waals surface area contributed by atoms with E-state index in [1.807, 2.05) is 37.3 Å². The number of benzene rings is 1. The molecular formula is C22H33NO6. The van der Waals surface area contributed by atoms with Crippen molar-refractivity contribution in [3.05, 3.63) is 35.9 Å². The molecule has 0 spiro atoms. The third-order valence-electron chi connectivity index (χ3n) is 5.14. The van der Waals surface area contributed by atoms with Crippen molar-refractivity contribution < 1.29 is 28.9 Å². The second-order valence-electron chi connectivity index (χ2n) is 7.38. The fraction of sp³-hybridized carbons (Fsp3) is 0.636. The van der Waals surface area contributed by atoms with Gasteiger partial charge in [-0.25, -0.2) is 4.79 Å². The molecule has 29 heavy (non-hydrogen) atoms. The number of hydrogen-bond acceptors (Lipinski definition) is 5. The summed E-state index contributed by atoms with van der Waals surface area (Å²) in [6.45, 7) is 3.38. The first-order valence-electron chi connectivity index (χ1n) is 10.4. The Bertz CT molecular complexity index is 615. The number of nitrogens with zero attached hydrogens (tertiary/aromatic N) is 1. The van der Waals surface area contributed by atoms with Gasteiger partial charge < -0.3 is 24.2 Å². The Labute approximate surface area is 172 Å². The number of carboxylic acids is 1. The van der Waals surface area contributed by atoms with Crippen molar-refractivity contribution in [1.82, 2.24) is 4.90 Å². The van der Waals surface area contributed by atoms with Crippen LogP contribution in [0.15, 0.2) is 30.3 Å². The molecule has 1 heterocycles. The van der Waals surface area contributed by atoms with Gasteiger partial charge in [0.15, 0.2) is 6.10 Å². The fourth-order valence-electron chi connectivity index (χ4n) is 3.47. The lowest BCUT2D eigenvalue weighted by Gasteiger charge is -2.34. The quantitative estimate of drug-likeness (QED) is 0.536. The van der Waals surface area contributed by atoms with Crippen LogP contribution in [0.2, 0.25) is 0 Å². The highest BCUT2D eigenvalue weighted by Gasteiger charge is 2.32. The molecule has 1 N–H and O–H groups in total. The third-order valence-corrected chi connectivity index (χ3v) is 5.14. The van der Waals surface area contributed by atoms with Crippen molar-refractivity contribution in [3.63, 3.8) is 0 Å². The first kappa shape index (κ1) is 23.3. The van der Waals surface area contributed by atoms with E-state index in [4.69, 9.17) is 14.2 Å². The van der Waals surface area contributed by atoms with Gasteiger partial charge >= 0.3 is 5.97 Å². The van der Waals surface area contributed by atoms with Crippen LogP contribution in [0.5, 0.6) is 0 Å². The molecule has 1 aromatic rings. The van der Waals surface area contributed by atoms with Crippen LogP contribution in [0.3, 0.4) is 0 Å². The third kappa shape index (κ3) is 7.76. The zero-order chi connectivity index (χ0) is 21.1. The van der Waals surface area contributed by atoms with Gasteiger partial charge in [-0.2, -0.15) is 0 Å². The topological polar surface area (TPSA) is 85.3 Å². The van der Waals surface area contributed by atoms with E-state index in [1.54, 1.807) is 12.0 Å². The predicted octanol–water partition coefficient (Wildman–Crippen LogP) is 2.87. The second-order valence-corrected chi connectivity index (χ2v) is 7.38. The van der Waals surface area contributed by atoms with E-state index in [0.717, 1.165) is 31.2 Å². The Morgan fingerprint density at radius 1 is 1.17 bits per heavy atom. The van der Waals surface area contributed by atoms with E-state index in [1.165, 1.54) is 0 Å². The number of piperidine rings is 1. The Hall–Kier alpha value is -1.96. The minimum atomic E-state index is -1.02. The van der Waals surface area contributed by atoms with Crippen molar-refractivity contribution in [1.29, 1.82) is 0 Å². The number of carboxylic acid groups (broad SMARTS) is 1. The zero-order valence-electron chi connectivity index (χ0n) is 17.4. The fourth-order valence-corrected chi connectivity index (χ4v) is 3.47. The smallest absolute Gasteiger partial charge is 0.332 e. The van der Waals surface area contributed by atoms with Gasteiger partial charge in [0.05, 0.1) is 6.10 Å². The molecule has 1 aliphatic heterocycles. The number of carbonyl (C=O) groups is 2. The summed E-state index contributed by atoms with van der Waals surface area (Å²) in [5, 5.41) is 9.55. The summed E-state index contributed by atoms with van der Waals surface area (Å²) in [6, 6.07) is 9.57. The highest BCUT2D eigenvalue weighted by Crippen LogP contribution is 2.19. The maximum Gasteiger partial charge on any atom is 0.332 e. The number of ether oxygens (including phenoxy) is 3. The van der Waals surface area contributed by atoms with Gasteiger partial charge in [0.2, 0.25) is 0 Å². The largest absolute Gasteiger partial charge is 0.479 e. The number of methoxy groups -OCH3 is 1. The van der Waals surface area contributed by atoms with E-state index in [0.29, 0.717) is 25.9 Å². The number of hydrogen-bond donors (Lipinski definition) is 1. The van der Waals surface area contributed by atoms with Gasteiger partial charge in [-0.15, -0.1) is 0 Å². The highest BCUT2D eigenvalue weighted by molar-refractivity contribution is 5.82. The van der Waals surface area contributed by atoms with E-state index in [9.17, 15) is 14.7 Å². The lowest BCUT2D eigenvalue weighted by atomic mass is 10.0. The molecule has 1 aliphatic rings. The molecule has 162 valence electrons. The highest BCUT2D eigenvalue weighted by atomic mass is 16.7. The maximum atomic E-state index is 13.2. The first-order chi connectivity index (χ1) is 14.0. The maximum absolute atomic E-state index is 13.2. The summed E-state index contributed by atoms with van der Waals surface area (Å²) in [5.74, 6) is -1.17. The molecule has 1 fully saturated rings. The summed E-state index contributed by atoms with van der Waals surface area (Å²) < 4.78 is 16.4. The van der Waals surface area contributed by atoms with Crippen LogP contribution in [0.25, 0.3) is 0 Å². The molecule has 1 saturated heterocycles. The van der Waals surface area contributed by atoms with Gasteiger partial charge in [-0.1, -0.05) is 50.1 Å². The Morgan fingerprint density at radius 3 is 2.45 bits per heavy atom. The normalized spacial score (nSPS) is 17.1. The SMILES string of the molecule is CCCC[C@H](O[C@@H](Cc1ccccc1)C(=O)N1CCC(OCOC)CC1)C(=O)O. The molecule has 1 amide bonds. The monoisotopic (exact) mass is 407 g/mol. The number of carbonyl (C=O) groups excluding carboxylic acids is 1. The molecular weight excluding hydrogens is 374 g/mol. The Balaban J connectivity index is 2.05. The summed E-state index contributed by atoms with van der Waals surface area (Å²) >= 11 is 0. The molecule has 0 bridgehead atoms. The first-order valence-corrected chi connectivity index (χ1v) is 10.4. The van der Waals surface area contributed by atoms with Crippen LogP contribution >= 0.6 is 0 Å². The predicted molar refractivity (Wildman–Crippen MR) is 109 cm³/mol. The molecule has 2 rings (SSSR count). The van der Waals surface area contributed by atoms with Crippen LogP contribution in [0.1, 0.15) is 44.6 Å². The molecule has 0 saturated carbocycles. The van der Waals surface area contributed by atoms with Crippen molar-refractivity contribution >= 4 is 11.9 Å². The van der Waals surface area contributed by atoms with E-state index >= 15 is 0 Å². The Morgan fingerprint density at radius 2 is 1.86 bits per heavy atom. The summed E-state index contributed by atoms with van der Waals surface area (Å²) in [7, 11) is 1.58.